The summed E-state index contributed by atoms with van der Waals surface area (Å²) in [4.78, 5) is 13.4. The Kier molecular flexibility index (Phi) is 52.8. The lowest BCUT2D eigenvalue weighted by Crippen LogP contribution is -2.66. The number of allylic oxidation sites excluding steroid dienone is 1. The van der Waals surface area contributed by atoms with Crippen LogP contribution in [0, 0.1) is 0 Å². The summed E-state index contributed by atoms with van der Waals surface area (Å²) in [5, 5.41) is 121. The van der Waals surface area contributed by atoms with E-state index in [-0.39, 0.29) is 18.9 Å². The van der Waals surface area contributed by atoms with Crippen LogP contribution in [0.5, 0.6) is 0 Å². The standard InChI is InChI=1S/C75H143NO18/c1-3-5-7-9-11-13-15-17-18-19-20-21-22-23-24-25-26-27-28-29-30-31-32-33-34-35-36-37-38-39-41-43-45-47-49-51-53-63(81)76-58(59(80)52-50-48-46-44-42-40-16-14-12-10-8-6-4-2)57-89-73-69(87)66(84)71(61(55-78)91-73)94-75-70(88)67(85)72(62(56-79)92-75)93-74-68(86)65(83)64(82)60(54-77)90-74/h50,52,58-62,64-75,77-80,82-88H,3-49,51,53-57H2,1-2H3,(H,76,81)/b52-50+. The number of amides is 1. The number of nitrogens with one attached hydrogen (secondary N) is 1. The molecule has 17 atom stereocenters. The van der Waals surface area contributed by atoms with Crippen molar-refractivity contribution in [2.75, 3.05) is 26.4 Å². The minimum absolute atomic E-state index is 0.250. The molecule has 0 aromatic carbocycles. The maximum Gasteiger partial charge on any atom is 0.220 e. The molecule has 3 saturated heterocycles. The van der Waals surface area contributed by atoms with Crippen LogP contribution in [0.25, 0.3) is 0 Å². The SMILES string of the molecule is CCCCCCCCCCCCC/C=C/C(O)C(COC1OC(CO)C(OC2OC(CO)C(OC3OC(CO)C(O)C(O)C3O)C(O)C2O)C(O)C1O)NC(=O)CCCCCCCCCCCCCCCCCCCCCCCCCCCCCCCCCCCCCC. The van der Waals surface area contributed by atoms with Crippen molar-refractivity contribution in [1.29, 1.82) is 0 Å². The summed E-state index contributed by atoms with van der Waals surface area (Å²) in [5.74, 6) is -0.269. The fraction of sp³-hybridized carbons (Fsp3) is 0.960. The van der Waals surface area contributed by atoms with Gasteiger partial charge in [0.15, 0.2) is 18.9 Å². The van der Waals surface area contributed by atoms with Crippen molar-refractivity contribution in [1.82, 2.24) is 5.32 Å². The quantitative estimate of drug-likeness (QED) is 0.0199. The summed E-state index contributed by atoms with van der Waals surface area (Å²) >= 11 is 0. The Morgan fingerprint density at radius 2 is 0.660 bits per heavy atom. The lowest BCUT2D eigenvalue weighted by Gasteiger charge is -2.48. The number of carbonyl (C=O) groups is 1. The van der Waals surface area contributed by atoms with Gasteiger partial charge in [-0.05, 0) is 19.3 Å². The van der Waals surface area contributed by atoms with Gasteiger partial charge in [-0.3, -0.25) is 4.79 Å². The van der Waals surface area contributed by atoms with E-state index in [1.54, 1.807) is 6.08 Å². The molecule has 3 fully saturated rings. The normalized spacial score (nSPS) is 27.4. The molecule has 0 radical (unpaired) electrons. The van der Waals surface area contributed by atoms with E-state index in [0.29, 0.717) is 6.42 Å². The molecule has 3 aliphatic heterocycles. The maximum atomic E-state index is 13.4. The Labute approximate surface area is 569 Å². The van der Waals surface area contributed by atoms with Gasteiger partial charge in [-0.1, -0.05) is 315 Å². The average molecular weight is 1350 g/mol. The first-order valence-electron chi connectivity index (χ1n) is 38.9. The van der Waals surface area contributed by atoms with Crippen LogP contribution >= 0.6 is 0 Å². The van der Waals surface area contributed by atoms with Crippen molar-refractivity contribution in [3.63, 3.8) is 0 Å². The number of carbonyl (C=O) groups excluding carboxylic acids is 1. The minimum atomic E-state index is -1.98. The topological polar surface area (TPSA) is 307 Å². The summed E-state index contributed by atoms with van der Waals surface area (Å²) in [6, 6.07) is -0.968. The highest BCUT2D eigenvalue weighted by Crippen LogP contribution is 2.33. The van der Waals surface area contributed by atoms with Crippen molar-refractivity contribution in [3.8, 4) is 0 Å². The maximum absolute atomic E-state index is 13.4. The number of hydrogen-bond acceptors (Lipinski definition) is 18. The fourth-order valence-electron chi connectivity index (χ4n) is 13.5. The Balaban J connectivity index is 1.30. The molecule has 0 aromatic heterocycles. The van der Waals surface area contributed by atoms with Crippen molar-refractivity contribution in [2.45, 2.75) is 433 Å². The molecule has 556 valence electrons. The zero-order valence-corrected chi connectivity index (χ0v) is 59.2. The van der Waals surface area contributed by atoms with E-state index in [0.717, 1.165) is 44.9 Å². The molecule has 1 amide bonds. The Bertz CT molecular complexity index is 1750. The van der Waals surface area contributed by atoms with Crippen LogP contribution in [0.15, 0.2) is 12.2 Å². The third-order valence-electron chi connectivity index (χ3n) is 19.8. The van der Waals surface area contributed by atoms with E-state index < -0.39 is 124 Å². The van der Waals surface area contributed by atoms with Crippen molar-refractivity contribution >= 4 is 5.91 Å². The van der Waals surface area contributed by atoms with Crippen LogP contribution in [0.3, 0.4) is 0 Å². The number of aliphatic hydroxyl groups excluding tert-OH is 11. The van der Waals surface area contributed by atoms with Gasteiger partial charge in [0.05, 0.1) is 38.6 Å². The number of ether oxygens (including phenoxy) is 6. The molecule has 17 unspecified atom stereocenters. The van der Waals surface area contributed by atoms with Crippen LogP contribution in [0.1, 0.15) is 328 Å². The lowest BCUT2D eigenvalue weighted by atomic mass is 9.96. The second-order valence-corrected chi connectivity index (χ2v) is 28.2. The lowest BCUT2D eigenvalue weighted by molar-refractivity contribution is -0.379. The van der Waals surface area contributed by atoms with Crippen LogP contribution in [-0.2, 0) is 33.2 Å². The molecule has 19 nitrogen and oxygen atoms in total. The van der Waals surface area contributed by atoms with Gasteiger partial charge < -0.3 is 89.9 Å². The Morgan fingerprint density at radius 1 is 0.372 bits per heavy atom. The molecule has 0 aromatic rings. The summed E-state index contributed by atoms with van der Waals surface area (Å²) < 4.78 is 34.4. The number of hydrogen-bond donors (Lipinski definition) is 12. The highest BCUT2D eigenvalue weighted by Gasteiger charge is 2.53. The van der Waals surface area contributed by atoms with Crippen molar-refractivity contribution in [3.05, 3.63) is 12.2 Å². The first-order chi connectivity index (χ1) is 45.8. The summed E-state index contributed by atoms with van der Waals surface area (Å²) in [5.41, 5.74) is 0. The zero-order valence-electron chi connectivity index (χ0n) is 59.2. The molecule has 3 heterocycles. The number of rotatable bonds is 62. The van der Waals surface area contributed by atoms with Gasteiger partial charge in [-0.15, -0.1) is 0 Å². The fourth-order valence-corrected chi connectivity index (χ4v) is 13.5. The molecule has 0 bridgehead atoms. The molecule has 94 heavy (non-hydrogen) atoms. The molecular formula is C75H143NO18. The second-order valence-electron chi connectivity index (χ2n) is 28.2. The Morgan fingerprint density at radius 3 is 1.00 bits per heavy atom. The Hall–Kier alpha value is -1.47. The van der Waals surface area contributed by atoms with Gasteiger partial charge >= 0.3 is 0 Å². The average Bonchev–Trinajstić information content (AvgIpc) is 0.787. The highest BCUT2D eigenvalue weighted by molar-refractivity contribution is 5.76. The largest absolute Gasteiger partial charge is 0.394 e. The predicted molar refractivity (Wildman–Crippen MR) is 370 cm³/mol. The smallest absolute Gasteiger partial charge is 0.220 e. The van der Waals surface area contributed by atoms with Crippen LogP contribution in [0.4, 0.5) is 0 Å². The summed E-state index contributed by atoms with van der Waals surface area (Å²) in [6.07, 6.45) is 39.5. The first kappa shape index (κ1) is 86.8. The van der Waals surface area contributed by atoms with Crippen molar-refractivity contribution in [2.24, 2.45) is 0 Å². The van der Waals surface area contributed by atoms with Gasteiger partial charge in [0.25, 0.3) is 0 Å². The highest BCUT2D eigenvalue weighted by atomic mass is 16.8. The van der Waals surface area contributed by atoms with Gasteiger partial charge in [0, 0.05) is 6.42 Å². The molecule has 0 spiro atoms. The van der Waals surface area contributed by atoms with E-state index in [2.05, 4.69) is 19.2 Å². The number of aliphatic hydroxyl groups is 11. The molecule has 3 rings (SSSR count). The van der Waals surface area contributed by atoms with Gasteiger partial charge in [0.1, 0.15) is 73.2 Å². The first-order valence-corrected chi connectivity index (χ1v) is 38.9. The van der Waals surface area contributed by atoms with Crippen LogP contribution in [0.2, 0.25) is 0 Å². The third kappa shape index (κ3) is 37.8. The molecule has 12 N–H and O–H groups in total. The second kappa shape index (κ2) is 57.2. The van der Waals surface area contributed by atoms with Crippen LogP contribution < -0.4 is 5.32 Å². The van der Waals surface area contributed by atoms with E-state index in [1.165, 1.54) is 257 Å². The molecule has 0 saturated carbocycles. The predicted octanol–water partition coefficient (Wildman–Crippen LogP) is 12.0. The summed E-state index contributed by atoms with van der Waals surface area (Å²) in [7, 11) is 0. The number of unbranched alkanes of at least 4 members (excludes halogenated alkanes) is 46. The van der Waals surface area contributed by atoms with E-state index in [4.69, 9.17) is 28.4 Å². The molecular weight excluding hydrogens is 1200 g/mol. The van der Waals surface area contributed by atoms with Gasteiger partial charge in [-0.2, -0.15) is 0 Å². The molecule has 19 heteroatoms. The third-order valence-corrected chi connectivity index (χ3v) is 19.8. The van der Waals surface area contributed by atoms with E-state index in [1.807, 2.05) is 6.08 Å². The van der Waals surface area contributed by atoms with E-state index >= 15 is 0 Å². The summed E-state index contributed by atoms with van der Waals surface area (Å²) in [6.45, 7) is 1.77. The van der Waals surface area contributed by atoms with E-state index in [9.17, 15) is 61.0 Å². The monoisotopic (exact) mass is 1350 g/mol. The minimum Gasteiger partial charge on any atom is -0.394 e. The molecule has 0 aliphatic carbocycles. The van der Waals surface area contributed by atoms with Gasteiger partial charge in [0.2, 0.25) is 5.91 Å². The van der Waals surface area contributed by atoms with Gasteiger partial charge in [-0.25, -0.2) is 0 Å². The molecule has 3 aliphatic rings. The zero-order chi connectivity index (χ0) is 68.2. The van der Waals surface area contributed by atoms with Crippen LogP contribution in [-0.4, -0.2) is 193 Å². The van der Waals surface area contributed by atoms with Crippen molar-refractivity contribution < 1.29 is 89.4 Å².